The van der Waals surface area contributed by atoms with Crippen LogP contribution in [0.3, 0.4) is 0 Å². The molecule has 114 valence electrons. The first-order valence-corrected chi connectivity index (χ1v) is 8.93. The lowest BCUT2D eigenvalue weighted by Crippen LogP contribution is -2.27. The van der Waals surface area contributed by atoms with E-state index in [4.69, 9.17) is 4.42 Å². The summed E-state index contributed by atoms with van der Waals surface area (Å²) in [7, 11) is -3.07. The summed E-state index contributed by atoms with van der Waals surface area (Å²) in [6.45, 7) is 4.40. The summed E-state index contributed by atoms with van der Waals surface area (Å²) < 4.78 is 28.8. The van der Waals surface area contributed by atoms with Crippen LogP contribution in [0.4, 0.5) is 0 Å². The molecule has 0 spiro atoms. The van der Waals surface area contributed by atoms with Crippen LogP contribution in [0.1, 0.15) is 28.7 Å². The highest BCUT2D eigenvalue weighted by molar-refractivity contribution is 7.90. The van der Waals surface area contributed by atoms with E-state index in [1.807, 2.05) is 50.2 Å². The predicted molar refractivity (Wildman–Crippen MR) is 83.9 cm³/mol. The topological polar surface area (TPSA) is 59.3 Å². The number of furan rings is 1. The number of rotatable bonds is 6. The SMILES string of the molecule is Cc1cc(CN[C@@H](CS(C)(=O)=O)c2ccccc2)c(C)o1. The van der Waals surface area contributed by atoms with Gasteiger partial charge in [0, 0.05) is 24.4 Å². The molecule has 0 amide bonds. The van der Waals surface area contributed by atoms with Crippen molar-refractivity contribution in [3.63, 3.8) is 0 Å². The van der Waals surface area contributed by atoms with E-state index in [1.54, 1.807) is 0 Å². The van der Waals surface area contributed by atoms with E-state index in [-0.39, 0.29) is 11.8 Å². The Morgan fingerprint density at radius 2 is 1.86 bits per heavy atom. The number of nitrogens with one attached hydrogen (secondary N) is 1. The van der Waals surface area contributed by atoms with Gasteiger partial charge in [0.1, 0.15) is 21.4 Å². The normalized spacial score (nSPS) is 13.3. The number of benzene rings is 1. The zero-order valence-electron chi connectivity index (χ0n) is 12.6. The van der Waals surface area contributed by atoms with E-state index in [0.29, 0.717) is 6.54 Å². The van der Waals surface area contributed by atoms with Gasteiger partial charge in [0.2, 0.25) is 0 Å². The Labute approximate surface area is 126 Å². The van der Waals surface area contributed by atoms with E-state index < -0.39 is 9.84 Å². The van der Waals surface area contributed by atoms with Crippen LogP contribution >= 0.6 is 0 Å². The van der Waals surface area contributed by atoms with Gasteiger partial charge in [0.25, 0.3) is 0 Å². The van der Waals surface area contributed by atoms with Gasteiger partial charge in [-0.25, -0.2) is 8.42 Å². The Hall–Kier alpha value is -1.59. The minimum atomic E-state index is -3.07. The third kappa shape index (κ3) is 4.72. The summed E-state index contributed by atoms with van der Waals surface area (Å²) in [4.78, 5) is 0. The molecule has 1 atom stereocenters. The van der Waals surface area contributed by atoms with Crippen molar-refractivity contribution in [1.29, 1.82) is 0 Å². The molecule has 4 nitrogen and oxygen atoms in total. The summed E-state index contributed by atoms with van der Waals surface area (Å²) in [5.74, 6) is 1.81. The fourth-order valence-electron chi connectivity index (χ4n) is 2.35. The van der Waals surface area contributed by atoms with Crippen LogP contribution in [0.5, 0.6) is 0 Å². The number of hydrogen-bond acceptors (Lipinski definition) is 4. The average Bonchev–Trinajstić information content (AvgIpc) is 2.73. The molecule has 2 aromatic rings. The van der Waals surface area contributed by atoms with Crippen molar-refractivity contribution in [2.24, 2.45) is 0 Å². The van der Waals surface area contributed by atoms with Crippen molar-refractivity contribution >= 4 is 9.84 Å². The third-order valence-electron chi connectivity index (χ3n) is 3.35. The minimum absolute atomic E-state index is 0.0763. The molecule has 0 bridgehead atoms. The molecule has 0 unspecified atom stereocenters. The standard InChI is InChI=1S/C16H21NO3S/c1-12-9-15(13(2)20-12)10-17-16(11-21(3,18)19)14-7-5-4-6-8-14/h4-9,16-17H,10-11H2,1-3H3/t16-/m0/s1. The number of aryl methyl sites for hydroxylation is 2. The van der Waals surface area contributed by atoms with E-state index in [2.05, 4.69) is 5.32 Å². The lowest BCUT2D eigenvalue weighted by molar-refractivity contribution is 0.495. The van der Waals surface area contributed by atoms with Crippen molar-refractivity contribution in [1.82, 2.24) is 5.32 Å². The lowest BCUT2D eigenvalue weighted by Gasteiger charge is -2.18. The van der Waals surface area contributed by atoms with Crippen LogP contribution in [0, 0.1) is 13.8 Å². The van der Waals surface area contributed by atoms with Gasteiger partial charge in [0.05, 0.1) is 5.75 Å². The van der Waals surface area contributed by atoms with Gasteiger partial charge in [-0.1, -0.05) is 30.3 Å². The monoisotopic (exact) mass is 307 g/mol. The molecule has 1 heterocycles. The second kappa shape index (κ2) is 6.45. The number of sulfone groups is 1. The quantitative estimate of drug-likeness (QED) is 0.891. The molecule has 0 aliphatic rings. The zero-order chi connectivity index (χ0) is 15.5. The second-order valence-electron chi connectivity index (χ2n) is 5.38. The average molecular weight is 307 g/mol. The molecule has 0 aliphatic carbocycles. The summed E-state index contributed by atoms with van der Waals surface area (Å²) >= 11 is 0. The van der Waals surface area contributed by atoms with Crippen LogP contribution < -0.4 is 5.32 Å². The Kier molecular flexibility index (Phi) is 4.85. The van der Waals surface area contributed by atoms with Crippen molar-refractivity contribution in [2.75, 3.05) is 12.0 Å². The largest absolute Gasteiger partial charge is 0.466 e. The first kappa shape index (κ1) is 15.8. The Morgan fingerprint density at radius 1 is 1.19 bits per heavy atom. The van der Waals surface area contributed by atoms with Gasteiger partial charge < -0.3 is 9.73 Å². The molecule has 0 aliphatic heterocycles. The van der Waals surface area contributed by atoms with Gasteiger partial charge in [-0.05, 0) is 25.5 Å². The maximum absolute atomic E-state index is 11.6. The zero-order valence-corrected chi connectivity index (χ0v) is 13.4. The van der Waals surface area contributed by atoms with E-state index in [0.717, 1.165) is 22.6 Å². The van der Waals surface area contributed by atoms with Gasteiger partial charge in [-0.3, -0.25) is 0 Å². The lowest BCUT2D eigenvalue weighted by atomic mass is 10.1. The van der Waals surface area contributed by atoms with Gasteiger partial charge in [0.15, 0.2) is 0 Å². The Balaban J connectivity index is 2.15. The summed E-state index contributed by atoms with van der Waals surface area (Å²) in [6.07, 6.45) is 1.26. The Morgan fingerprint density at radius 3 is 2.38 bits per heavy atom. The van der Waals surface area contributed by atoms with E-state index in [9.17, 15) is 8.42 Å². The van der Waals surface area contributed by atoms with Crippen molar-refractivity contribution in [2.45, 2.75) is 26.4 Å². The molecule has 0 saturated heterocycles. The molecule has 5 heteroatoms. The van der Waals surface area contributed by atoms with Crippen LogP contribution in [0.2, 0.25) is 0 Å². The van der Waals surface area contributed by atoms with Crippen molar-refractivity contribution in [3.8, 4) is 0 Å². The van der Waals surface area contributed by atoms with Crippen LogP contribution in [-0.2, 0) is 16.4 Å². The molecule has 0 saturated carbocycles. The van der Waals surface area contributed by atoms with Gasteiger partial charge in [-0.15, -0.1) is 0 Å². The second-order valence-corrected chi connectivity index (χ2v) is 7.56. The maximum Gasteiger partial charge on any atom is 0.149 e. The summed E-state index contributed by atoms with van der Waals surface area (Å²) in [5.41, 5.74) is 2.03. The molecular formula is C16H21NO3S. The van der Waals surface area contributed by atoms with E-state index in [1.165, 1.54) is 6.26 Å². The molecule has 0 fully saturated rings. The highest BCUT2D eigenvalue weighted by Gasteiger charge is 2.17. The fraction of sp³-hybridized carbons (Fsp3) is 0.375. The first-order valence-electron chi connectivity index (χ1n) is 6.87. The van der Waals surface area contributed by atoms with Crippen LogP contribution in [0.25, 0.3) is 0 Å². The molecular weight excluding hydrogens is 286 g/mol. The summed E-state index contributed by atoms with van der Waals surface area (Å²) in [6, 6.07) is 11.4. The summed E-state index contributed by atoms with van der Waals surface area (Å²) in [5, 5.41) is 3.32. The van der Waals surface area contributed by atoms with Crippen LogP contribution in [-0.4, -0.2) is 20.4 Å². The molecule has 1 aromatic carbocycles. The molecule has 21 heavy (non-hydrogen) atoms. The molecule has 1 aromatic heterocycles. The van der Waals surface area contributed by atoms with Crippen LogP contribution in [0.15, 0.2) is 40.8 Å². The Bertz CT molecular complexity index is 690. The first-order chi connectivity index (χ1) is 9.85. The van der Waals surface area contributed by atoms with Gasteiger partial charge in [-0.2, -0.15) is 0 Å². The maximum atomic E-state index is 11.6. The molecule has 2 rings (SSSR count). The minimum Gasteiger partial charge on any atom is -0.466 e. The number of hydrogen-bond donors (Lipinski definition) is 1. The van der Waals surface area contributed by atoms with E-state index >= 15 is 0 Å². The smallest absolute Gasteiger partial charge is 0.149 e. The van der Waals surface area contributed by atoms with Crippen molar-refractivity contribution in [3.05, 3.63) is 59.0 Å². The highest BCUT2D eigenvalue weighted by Crippen LogP contribution is 2.18. The van der Waals surface area contributed by atoms with Gasteiger partial charge >= 0.3 is 0 Å². The highest BCUT2D eigenvalue weighted by atomic mass is 32.2. The fourth-order valence-corrected chi connectivity index (χ4v) is 3.27. The molecule has 0 radical (unpaired) electrons. The van der Waals surface area contributed by atoms with Crippen molar-refractivity contribution < 1.29 is 12.8 Å². The molecule has 1 N–H and O–H groups in total. The third-order valence-corrected chi connectivity index (χ3v) is 4.29. The predicted octanol–water partition coefficient (Wildman–Crippen LogP) is 2.77.